The Balaban J connectivity index is 1.40. The second kappa shape index (κ2) is 8.35. The number of aromatic hydroxyl groups is 1. The molecule has 2 N–H and O–H groups in total. The maximum Gasteiger partial charge on any atom is 0.229 e. The molecule has 0 unspecified atom stereocenters. The summed E-state index contributed by atoms with van der Waals surface area (Å²) >= 11 is 0. The molecule has 0 amide bonds. The molecule has 0 radical (unpaired) electrons. The molecule has 0 bridgehead atoms. The van der Waals surface area contributed by atoms with Gasteiger partial charge in [-0.2, -0.15) is 15.1 Å². The molecule has 35 heavy (non-hydrogen) atoms. The minimum Gasteiger partial charge on any atom is -0.508 e. The molecule has 5 aromatic rings. The van der Waals surface area contributed by atoms with Crippen LogP contribution in [0.25, 0.3) is 27.9 Å². The van der Waals surface area contributed by atoms with Gasteiger partial charge in [-0.1, -0.05) is 37.3 Å². The van der Waals surface area contributed by atoms with Crippen molar-refractivity contribution in [2.24, 2.45) is 0 Å². The number of aromatic nitrogens is 6. The number of phenolic OH excluding ortho intramolecular Hbond substituents is 1. The number of aliphatic hydroxyl groups is 1. The Morgan fingerprint density at radius 2 is 1.77 bits per heavy atom. The lowest BCUT2D eigenvalue weighted by atomic mass is 9.84. The SMILES string of the molecule is CCCn1cnc2c(-n3ncc4ccccc43)nc(N3CCC(O)(c4ccc(O)cc4)CC3)nc21. The predicted molar refractivity (Wildman–Crippen MR) is 134 cm³/mol. The van der Waals surface area contributed by atoms with Crippen molar-refractivity contribution in [3.63, 3.8) is 0 Å². The highest BCUT2D eigenvalue weighted by atomic mass is 16.3. The molecule has 0 atom stereocenters. The van der Waals surface area contributed by atoms with E-state index in [1.54, 1.807) is 24.3 Å². The number of nitrogens with zero attached hydrogens (tertiary/aromatic N) is 7. The largest absolute Gasteiger partial charge is 0.508 e. The van der Waals surface area contributed by atoms with Crippen LogP contribution >= 0.6 is 0 Å². The van der Waals surface area contributed by atoms with Gasteiger partial charge in [0.2, 0.25) is 5.95 Å². The van der Waals surface area contributed by atoms with Gasteiger partial charge in [-0.25, -0.2) is 9.67 Å². The second-order valence-electron chi connectivity index (χ2n) is 9.14. The summed E-state index contributed by atoms with van der Waals surface area (Å²) in [5.41, 5.74) is 2.33. The fraction of sp³-hybridized carbons (Fsp3) is 0.308. The summed E-state index contributed by atoms with van der Waals surface area (Å²) in [5.74, 6) is 1.46. The van der Waals surface area contributed by atoms with Crippen LogP contribution in [0, 0.1) is 0 Å². The third-order valence-corrected chi connectivity index (χ3v) is 6.85. The number of piperidine rings is 1. The fourth-order valence-corrected chi connectivity index (χ4v) is 4.89. The van der Waals surface area contributed by atoms with E-state index in [0.717, 1.165) is 35.1 Å². The van der Waals surface area contributed by atoms with Crippen molar-refractivity contribution < 1.29 is 10.2 Å². The van der Waals surface area contributed by atoms with Crippen LogP contribution in [0.2, 0.25) is 0 Å². The van der Waals surface area contributed by atoms with E-state index in [2.05, 4.69) is 26.5 Å². The van der Waals surface area contributed by atoms with E-state index in [4.69, 9.17) is 9.97 Å². The summed E-state index contributed by atoms with van der Waals surface area (Å²) in [4.78, 5) is 16.6. The molecule has 1 aliphatic rings. The molecule has 6 rings (SSSR count). The molecule has 0 aliphatic carbocycles. The number of anilines is 1. The lowest BCUT2D eigenvalue weighted by molar-refractivity contribution is 0.0115. The lowest BCUT2D eigenvalue weighted by Crippen LogP contribution is -2.43. The van der Waals surface area contributed by atoms with Gasteiger partial charge in [0.1, 0.15) is 5.75 Å². The first-order chi connectivity index (χ1) is 17.1. The van der Waals surface area contributed by atoms with E-state index < -0.39 is 5.60 Å². The maximum atomic E-state index is 11.3. The quantitative estimate of drug-likeness (QED) is 0.404. The van der Waals surface area contributed by atoms with Crippen LogP contribution in [0.3, 0.4) is 0 Å². The Morgan fingerprint density at radius 1 is 1.00 bits per heavy atom. The van der Waals surface area contributed by atoms with Gasteiger partial charge in [-0.15, -0.1) is 0 Å². The van der Waals surface area contributed by atoms with Gasteiger partial charge in [0.25, 0.3) is 0 Å². The first-order valence-electron chi connectivity index (χ1n) is 12.0. The topological polar surface area (TPSA) is 105 Å². The van der Waals surface area contributed by atoms with E-state index in [0.29, 0.717) is 43.2 Å². The van der Waals surface area contributed by atoms with E-state index in [-0.39, 0.29) is 5.75 Å². The standard InChI is InChI=1S/C26H27N7O2/c1-2-13-32-17-27-22-23(32)29-25(30-24(22)33-21-6-4-3-5-18(21)16-28-33)31-14-11-26(35,12-15-31)19-7-9-20(34)10-8-19/h3-10,16-17,34-35H,2,11-15H2,1H3. The van der Waals surface area contributed by atoms with Crippen LogP contribution in [-0.2, 0) is 12.1 Å². The third-order valence-electron chi connectivity index (χ3n) is 6.85. The summed E-state index contributed by atoms with van der Waals surface area (Å²) in [6, 6.07) is 14.9. The minimum atomic E-state index is -0.945. The van der Waals surface area contributed by atoms with E-state index in [1.807, 2.05) is 41.5 Å². The molecule has 1 aliphatic heterocycles. The zero-order valence-electron chi connectivity index (χ0n) is 19.5. The normalized spacial score (nSPS) is 15.8. The Morgan fingerprint density at radius 3 is 2.54 bits per heavy atom. The number of hydrogen-bond acceptors (Lipinski definition) is 7. The van der Waals surface area contributed by atoms with Gasteiger partial charge in [-0.05, 0) is 43.0 Å². The molecule has 178 valence electrons. The summed E-state index contributed by atoms with van der Waals surface area (Å²) in [7, 11) is 0. The Kier molecular flexibility index (Phi) is 5.14. The zero-order chi connectivity index (χ0) is 24.0. The molecule has 9 nitrogen and oxygen atoms in total. The molecule has 1 fully saturated rings. The van der Waals surface area contributed by atoms with Crippen LogP contribution < -0.4 is 4.90 Å². The number of hydrogen-bond donors (Lipinski definition) is 2. The molecule has 9 heteroatoms. The highest BCUT2D eigenvalue weighted by molar-refractivity contribution is 5.85. The van der Waals surface area contributed by atoms with Gasteiger partial charge < -0.3 is 19.7 Å². The van der Waals surface area contributed by atoms with Crippen molar-refractivity contribution in [2.75, 3.05) is 18.0 Å². The van der Waals surface area contributed by atoms with Gasteiger partial charge in [-0.3, -0.25) is 0 Å². The molecule has 0 saturated carbocycles. The number of aryl methyl sites for hydroxylation is 1. The summed E-state index contributed by atoms with van der Waals surface area (Å²) in [5, 5.41) is 26.6. The van der Waals surface area contributed by atoms with Gasteiger partial charge in [0.05, 0.1) is 23.6 Å². The number of rotatable bonds is 5. The average Bonchev–Trinajstić information content (AvgIpc) is 3.49. The first-order valence-corrected chi connectivity index (χ1v) is 12.0. The summed E-state index contributed by atoms with van der Waals surface area (Å²) < 4.78 is 3.90. The van der Waals surface area contributed by atoms with Crippen molar-refractivity contribution in [3.05, 3.63) is 66.6 Å². The fourth-order valence-electron chi connectivity index (χ4n) is 4.89. The lowest BCUT2D eigenvalue weighted by Gasteiger charge is -2.38. The van der Waals surface area contributed by atoms with Crippen LogP contribution in [-0.4, -0.2) is 52.6 Å². The van der Waals surface area contributed by atoms with E-state index >= 15 is 0 Å². The zero-order valence-corrected chi connectivity index (χ0v) is 19.5. The molecular weight excluding hydrogens is 442 g/mol. The molecule has 0 spiro atoms. The summed E-state index contributed by atoms with van der Waals surface area (Å²) in [6.07, 6.45) is 5.70. The van der Waals surface area contributed by atoms with Crippen molar-refractivity contribution in [3.8, 4) is 11.6 Å². The number of benzene rings is 2. The van der Waals surface area contributed by atoms with E-state index in [9.17, 15) is 10.2 Å². The van der Waals surface area contributed by atoms with Gasteiger partial charge >= 0.3 is 0 Å². The van der Waals surface area contributed by atoms with Crippen molar-refractivity contribution in [1.29, 1.82) is 0 Å². The van der Waals surface area contributed by atoms with Crippen LogP contribution in [0.4, 0.5) is 5.95 Å². The van der Waals surface area contributed by atoms with Crippen LogP contribution in [0.15, 0.2) is 61.1 Å². The second-order valence-corrected chi connectivity index (χ2v) is 9.14. The average molecular weight is 470 g/mol. The maximum absolute atomic E-state index is 11.3. The smallest absolute Gasteiger partial charge is 0.229 e. The van der Waals surface area contributed by atoms with E-state index in [1.165, 1.54) is 0 Å². The molecular formula is C26H27N7O2. The van der Waals surface area contributed by atoms with Crippen LogP contribution in [0.5, 0.6) is 5.75 Å². The molecule has 4 heterocycles. The Labute approximate surface area is 202 Å². The predicted octanol–water partition coefficient (Wildman–Crippen LogP) is 3.77. The molecule has 3 aromatic heterocycles. The first kappa shape index (κ1) is 21.5. The highest BCUT2D eigenvalue weighted by Crippen LogP contribution is 2.35. The Hall–Kier alpha value is -3.98. The number of imidazole rings is 1. The highest BCUT2D eigenvalue weighted by Gasteiger charge is 2.35. The number of fused-ring (bicyclic) bond motifs is 2. The number of para-hydroxylation sites is 1. The van der Waals surface area contributed by atoms with Gasteiger partial charge in [0, 0.05) is 25.0 Å². The minimum absolute atomic E-state index is 0.193. The van der Waals surface area contributed by atoms with Crippen molar-refractivity contribution >= 4 is 28.0 Å². The summed E-state index contributed by atoms with van der Waals surface area (Å²) in [6.45, 7) is 4.14. The molecule has 2 aromatic carbocycles. The Bertz CT molecular complexity index is 1500. The van der Waals surface area contributed by atoms with Crippen LogP contribution in [0.1, 0.15) is 31.7 Å². The molecule has 1 saturated heterocycles. The van der Waals surface area contributed by atoms with Crippen molar-refractivity contribution in [2.45, 2.75) is 38.3 Å². The van der Waals surface area contributed by atoms with Gasteiger partial charge in [0.15, 0.2) is 17.0 Å². The third kappa shape index (κ3) is 3.68. The van der Waals surface area contributed by atoms with Crippen molar-refractivity contribution in [1.82, 2.24) is 29.3 Å². The monoisotopic (exact) mass is 469 g/mol. The number of phenols is 1.